The smallest absolute Gasteiger partial charge is 0.261 e. The number of aldehydes is 1. The fourth-order valence-electron chi connectivity index (χ4n) is 3.32. The van der Waals surface area contributed by atoms with E-state index in [1.807, 2.05) is 0 Å². The Morgan fingerprint density at radius 1 is 1.38 bits per heavy atom. The van der Waals surface area contributed by atoms with Crippen LogP contribution >= 0.6 is 0 Å². The van der Waals surface area contributed by atoms with Crippen LogP contribution in [0.1, 0.15) is 19.3 Å². The van der Waals surface area contributed by atoms with Gasteiger partial charge in [0.2, 0.25) is 5.91 Å². The van der Waals surface area contributed by atoms with Crippen molar-refractivity contribution in [2.75, 3.05) is 13.1 Å². The molecule has 1 aromatic rings. The van der Waals surface area contributed by atoms with Gasteiger partial charge in [-0.25, -0.2) is 13.4 Å². The molecular weight excluding hydrogens is 334 g/mol. The predicted octanol–water partition coefficient (Wildman–Crippen LogP) is -0.396. The third-order valence-electron chi connectivity index (χ3n) is 4.38. The lowest BCUT2D eigenvalue weighted by atomic mass is 10.1. The van der Waals surface area contributed by atoms with Crippen LogP contribution in [0.2, 0.25) is 0 Å². The summed E-state index contributed by atoms with van der Waals surface area (Å²) in [5, 5.41) is -0.107. The maximum absolute atomic E-state index is 12.7. The van der Waals surface area contributed by atoms with Crippen molar-refractivity contribution in [3.8, 4) is 0 Å². The van der Waals surface area contributed by atoms with Gasteiger partial charge in [-0.2, -0.15) is 4.31 Å². The molecule has 9 heteroatoms. The Morgan fingerprint density at radius 2 is 2.17 bits per heavy atom. The number of likely N-dealkylation sites (tertiary alicyclic amines) is 1. The van der Waals surface area contributed by atoms with Crippen LogP contribution in [0.4, 0.5) is 0 Å². The van der Waals surface area contributed by atoms with E-state index in [0.717, 1.165) is 4.31 Å². The molecule has 0 radical (unpaired) electrons. The second kappa shape index (κ2) is 6.40. The third kappa shape index (κ3) is 2.73. The highest BCUT2D eigenvalue weighted by atomic mass is 32.2. The van der Waals surface area contributed by atoms with E-state index in [9.17, 15) is 22.8 Å². The number of Topliss-reactive ketones (excluding diaryl/α,β-unsaturated/α-hetero) is 1. The van der Waals surface area contributed by atoms with Gasteiger partial charge in [-0.1, -0.05) is 6.07 Å². The molecule has 1 aromatic heterocycles. The van der Waals surface area contributed by atoms with Crippen molar-refractivity contribution in [1.29, 1.82) is 0 Å². The zero-order valence-corrected chi connectivity index (χ0v) is 13.7. The first-order chi connectivity index (χ1) is 11.5. The van der Waals surface area contributed by atoms with E-state index in [1.165, 1.54) is 17.2 Å². The molecule has 2 fully saturated rings. The highest BCUT2D eigenvalue weighted by Gasteiger charge is 2.53. The minimum atomic E-state index is -3.88. The second-order valence-electron chi connectivity index (χ2n) is 5.78. The molecule has 0 aliphatic carbocycles. The Balaban J connectivity index is 1.84. The van der Waals surface area contributed by atoms with E-state index in [2.05, 4.69) is 4.98 Å². The number of aromatic nitrogens is 1. The molecule has 0 bridgehead atoms. The van der Waals surface area contributed by atoms with Crippen molar-refractivity contribution in [2.45, 2.75) is 36.4 Å². The number of sulfonamides is 1. The molecule has 3 rings (SSSR count). The third-order valence-corrected chi connectivity index (χ3v) is 6.17. The van der Waals surface area contributed by atoms with Crippen molar-refractivity contribution < 1.29 is 22.8 Å². The molecule has 24 heavy (non-hydrogen) atoms. The topological polar surface area (TPSA) is 105 Å². The van der Waals surface area contributed by atoms with Crippen LogP contribution in [-0.4, -0.2) is 65.8 Å². The lowest BCUT2D eigenvalue weighted by Crippen LogP contribution is -2.43. The Hall–Kier alpha value is -2.13. The average Bonchev–Trinajstić information content (AvgIpc) is 3.15. The van der Waals surface area contributed by atoms with Gasteiger partial charge < -0.3 is 9.69 Å². The zero-order valence-electron chi connectivity index (χ0n) is 12.9. The van der Waals surface area contributed by atoms with Gasteiger partial charge in [0, 0.05) is 25.6 Å². The average molecular weight is 351 g/mol. The highest BCUT2D eigenvalue weighted by molar-refractivity contribution is 7.89. The number of hydrogen-bond acceptors (Lipinski definition) is 6. The van der Waals surface area contributed by atoms with Crippen molar-refractivity contribution >= 4 is 28.0 Å². The number of nitrogens with zero attached hydrogens (tertiary/aromatic N) is 3. The van der Waals surface area contributed by atoms with Gasteiger partial charge in [-0.05, 0) is 18.6 Å². The normalized spacial score (nSPS) is 24.2. The minimum absolute atomic E-state index is 0.0347. The molecule has 128 valence electrons. The number of amides is 1. The van der Waals surface area contributed by atoms with Crippen LogP contribution in [0.25, 0.3) is 0 Å². The van der Waals surface area contributed by atoms with Crippen LogP contribution in [0.3, 0.4) is 0 Å². The summed E-state index contributed by atoms with van der Waals surface area (Å²) in [7, 11) is -3.88. The van der Waals surface area contributed by atoms with Crippen LogP contribution in [0.15, 0.2) is 29.4 Å². The quantitative estimate of drug-likeness (QED) is 0.669. The Kier molecular flexibility index (Phi) is 4.46. The first kappa shape index (κ1) is 16.7. The van der Waals surface area contributed by atoms with Crippen molar-refractivity contribution in [1.82, 2.24) is 14.2 Å². The number of pyridine rings is 1. The first-order valence-electron chi connectivity index (χ1n) is 7.65. The predicted molar refractivity (Wildman–Crippen MR) is 82.3 cm³/mol. The van der Waals surface area contributed by atoms with Gasteiger partial charge in [-0.3, -0.25) is 9.59 Å². The summed E-state index contributed by atoms with van der Waals surface area (Å²) in [6, 6.07) is 3.24. The number of ketones is 1. The summed E-state index contributed by atoms with van der Waals surface area (Å²) in [4.78, 5) is 40.2. The summed E-state index contributed by atoms with van der Waals surface area (Å²) in [5.41, 5.74) is 0. The molecule has 0 spiro atoms. The monoisotopic (exact) mass is 351 g/mol. The Morgan fingerprint density at radius 3 is 2.83 bits per heavy atom. The molecule has 2 unspecified atom stereocenters. The van der Waals surface area contributed by atoms with E-state index in [4.69, 9.17) is 0 Å². The summed E-state index contributed by atoms with van der Waals surface area (Å²) in [6.45, 7) is 0.0543. The van der Waals surface area contributed by atoms with Gasteiger partial charge in [0.25, 0.3) is 10.0 Å². The van der Waals surface area contributed by atoms with E-state index in [0.29, 0.717) is 19.3 Å². The summed E-state index contributed by atoms with van der Waals surface area (Å²) < 4.78 is 26.6. The molecular formula is C15H17N3O5S. The summed E-state index contributed by atoms with van der Waals surface area (Å²) >= 11 is 0. The van der Waals surface area contributed by atoms with Crippen molar-refractivity contribution in [2.24, 2.45) is 0 Å². The molecule has 3 heterocycles. The number of carbonyl (C=O) groups excluding carboxylic acids is 3. The molecule has 2 saturated heterocycles. The zero-order chi connectivity index (χ0) is 17.3. The molecule has 2 aliphatic rings. The summed E-state index contributed by atoms with van der Waals surface area (Å²) in [5.74, 6) is -0.587. The SMILES string of the molecule is O=CCCC(=O)N1CCC2C1C(=O)CN2S(=O)(=O)c1ccccn1. The van der Waals surface area contributed by atoms with Crippen LogP contribution < -0.4 is 0 Å². The molecule has 8 nitrogen and oxygen atoms in total. The first-order valence-corrected chi connectivity index (χ1v) is 9.09. The van der Waals surface area contributed by atoms with Gasteiger partial charge in [0.05, 0.1) is 12.6 Å². The van der Waals surface area contributed by atoms with Crippen LogP contribution in [0.5, 0.6) is 0 Å². The van der Waals surface area contributed by atoms with Gasteiger partial charge >= 0.3 is 0 Å². The summed E-state index contributed by atoms with van der Waals surface area (Å²) in [6.07, 6.45) is 2.56. The molecule has 2 atom stereocenters. The van der Waals surface area contributed by atoms with Gasteiger partial charge in [-0.15, -0.1) is 0 Å². The molecule has 0 N–H and O–H groups in total. The van der Waals surface area contributed by atoms with Crippen LogP contribution in [0, 0.1) is 0 Å². The lowest BCUT2D eigenvalue weighted by molar-refractivity contribution is -0.136. The van der Waals surface area contributed by atoms with Gasteiger partial charge in [0.1, 0.15) is 12.3 Å². The molecule has 1 amide bonds. The van der Waals surface area contributed by atoms with E-state index in [1.54, 1.807) is 12.1 Å². The van der Waals surface area contributed by atoms with E-state index < -0.39 is 22.1 Å². The van der Waals surface area contributed by atoms with E-state index in [-0.39, 0.29) is 36.1 Å². The van der Waals surface area contributed by atoms with Crippen molar-refractivity contribution in [3.05, 3.63) is 24.4 Å². The number of carbonyl (C=O) groups is 3. The maximum Gasteiger partial charge on any atom is 0.261 e. The van der Waals surface area contributed by atoms with E-state index >= 15 is 0 Å². The number of hydrogen-bond donors (Lipinski definition) is 0. The fraction of sp³-hybridized carbons (Fsp3) is 0.467. The Bertz CT molecular complexity index is 765. The number of fused-ring (bicyclic) bond motifs is 1. The Labute approximate surface area is 139 Å². The standard InChI is InChI=1S/C15H17N3O5S/c19-9-3-5-14(21)17-8-6-11-15(17)12(20)10-18(11)24(22,23)13-4-1-2-7-16-13/h1-2,4,7,9,11,15H,3,5-6,8,10H2. The largest absolute Gasteiger partial charge is 0.331 e. The highest BCUT2D eigenvalue weighted by Crippen LogP contribution is 2.33. The molecule has 2 aliphatic heterocycles. The van der Waals surface area contributed by atoms with Crippen molar-refractivity contribution in [3.63, 3.8) is 0 Å². The second-order valence-corrected chi connectivity index (χ2v) is 7.62. The molecule has 0 saturated carbocycles. The molecule has 0 aromatic carbocycles. The van der Waals surface area contributed by atoms with Crippen LogP contribution in [-0.2, 0) is 24.4 Å². The number of rotatable bonds is 5. The fourth-order valence-corrected chi connectivity index (χ4v) is 4.88. The maximum atomic E-state index is 12.7. The van der Waals surface area contributed by atoms with Gasteiger partial charge in [0.15, 0.2) is 10.8 Å². The minimum Gasteiger partial charge on any atom is -0.331 e. The lowest BCUT2D eigenvalue weighted by Gasteiger charge is -2.23.